The summed E-state index contributed by atoms with van der Waals surface area (Å²) in [6, 6.07) is -0.676. The van der Waals surface area contributed by atoms with Crippen LogP contribution in [0.25, 0.3) is 0 Å². The van der Waals surface area contributed by atoms with Crippen molar-refractivity contribution in [1.29, 1.82) is 5.41 Å². The second-order valence-corrected chi connectivity index (χ2v) is 2.24. The number of carbonyl (C=O) groups excluding carboxylic acids is 2. The number of hydrogen-bond acceptors (Lipinski definition) is 5. The van der Waals surface area contributed by atoms with Gasteiger partial charge in [0.1, 0.15) is 0 Å². The topological polar surface area (TPSA) is 119 Å². The minimum absolute atomic E-state index is 0.412. The summed E-state index contributed by atoms with van der Waals surface area (Å²) in [4.78, 5) is 21.3. The van der Waals surface area contributed by atoms with Gasteiger partial charge < -0.3 is 16.2 Å². The van der Waals surface area contributed by atoms with Crippen molar-refractivity contribution in [3.05, 3.63) is 0 Å². The van der Waals surface area contributed by atoms with Gasteiger partial charge in [-0.05, 0) is 6.92 Å². The lowest BCUT2D eigenvalue weighted by atomic mass is 10.2. The second-order valence-electron chi connectivity index (χ2n) is 2.24. The summed E-state index contributed by atoms with van der Waals surface area (Å²) in [5.74, 6) is -2.15. The van der Waals surface area contributed by atoms with Crippen LogP contribution in [-0.2, 0) is 14.3 Å². The Balaban J connectivity index is 3.77. The van der Waals surface area contributed by atoms with Gasteiger partial charge in [0.2, 0.25) is 5.84 Å². The molecule has 0 heterocycles. The van der Waals surface area contributed by atoms with Gasteiger partial charge in [-0.1, -0.05) is 0 Å². The Labute approximate surface area is 69.4 Å². The molecule has 0 aromatic carbocycles. The van der Waals surface area contributed by atoms with Gasteiger partial charge in [0.25, 0.3) is 0 Å². The van der Waals surface area contributed by atoms with Crippen molar-refractivity contribution in [2.24, 2.45) is 11.5 Å². The molecule has 12 heavy (non-hydrogen) atoms. The van der Waals surface area contributed by atoms with Gasteiger partial charge in [0, 0.05) is 0 Å². The molecule has 1 unspecified atom stereocenters. The largest absolute Gasteiger partial charge is 0.452 e. The molecule has 0 aromatic heterocycles. The third-order valence-electron chi connectivity index (χ3n) is 1.07. The van der Waals surface area contributed by atoms with Crippen LogP contribution in [0.1, 0.15) is 6.92 Å². The van der Waals surface area contributed by atoms with E-state index in [0.717, 1.165) is 0 Å². The highest BCUT2D eigenvalue weighted by molar-refractivity contribution is 6.33. The van der Waals surface area contributed by atoms with E-state index in [1.165, 1.54) is 6.92 Å². The number of ketones is 1. The average molecular weight is 173 g/mol. The maximum Gasteiger partial charge on any atom is 0.373 e. The third-order valence-corrected chi connectivity index (χ3v) is 1.07. The van der Waals surface area contributed by atoms with E-state index < -0.39 is 30.2 Å². The van der Waals surface area contributed by atoms with Crippen molar-refractivity contribution in [3.63, 3.8) is 0 Å². The predicted molar refractivity (Wildman–Crippen MR) is 41.5 cm³/mol. The van der Waals surface area contributed by atoms with Gasteiger partial charge in [-0.25, -0.2) is 4.79 Å². The maximum atomic E-state index is 10.8. The highest BCUT2D eigenvalue weighted by Gasteiger charge is 2.12. The molecule has 0 rings (SSSR count). The van der Waals surface area contributed by atoms with E-state index in [-0.39, 0.29) is 0 Å². The summed E-state index contributed by atoms with van der Waals surface area (Å²) in [6.45, 7) is 1.04. The number of ether oxygens (including phenoxy) is 1. The first-order valence-electron chi connectivity index (χ1n) is 3.24. The molecular formula is C6H11N3O3. The summed E-state index contributed by atoms with van der Waals surface area (Å²) < 4.78 is 4.31. The lowest BCUT2D eigenvalue weighted by molar-refractivity contribution is -0.141. The third kappa shape index (κ3) is 3.67. The van der Waals surface area contributed by atoms with Crippen molar-refractivity contribution < 1.29 is 14.3 Å². The second kappa shape index (κ2) is 4.45. The van der Waals surface area contributed by atoms with E-state index in [0.29, 0.717) is 0 Å². The number of amidine groups is 1. The van der Waals surface area contributed by atoms with Gasteiger partial charge in [-0.3, -0.25) is 10.2 Å². The predicted octanol–water partition coefficient (Wildman–Crippen LogP) is -1.62. The van der Waals surface area contributed by atoms with E-state index in [2.05, 4.69) is 4.74 Å². The Morgan fingerprint density at radius 2 is 2.08 bits per heavy atom. The minimum atomic E-state index is -1.01. The van der Waals surface area contributed by atoms with Gasteiger partial charge in [-0.15, -0.1) is 0 Å². The standard InChI is InChI=1S/C6H11N3O3/c1-3(7)4(10)2-12-6(11)5(8)9/h3H,2,7H2,1H3,(H3,8,9). The fraction of sp³-hybridized carbons (Fsp3) is 0.500. The smallest absolute Gasteiger partial charge is 0.373 e. The van der Waals surface area contributed by atoms with Crippen molar-refractivity contribution in [3.8, 4) is 0 Å². The number of nitrogens with one attached hydrogen (secondary N) is 1. The molecule has 0 saturated carbocycles. The molecule has 0 aromatic rings. The summed E-state index contributed by atoms with van der Waals surface area (Å²) in [5, 5.41) is 6.61. The number of nitrogens with two attached hydrogens (primary N) is 2. The van der Waals surface area contributed by atoms with E-state index in [1.54, 1.807) is 0 Å². The normalized spacial score (nSPS) is 11.8. The van der Waals surface area contributed by atoms with Gasteiger partial charge in [0.05, 0.1) is 6.04 Å². The lowest BCUT2D eigenvalue weighted by Gasteiger charge is -2.04. The van der Waals surface area contributed by atoms with E-state index in [9.17, 15) is 9.59 Å². The zero-order chi connectivity index (χ0) is 9.72. The zero-order valence-corrected chi connectivity index (χ0v) is 6.66. The molecule has 6 nitrogen and oxygen atoms in total. The first-order chi connectivity index (χ1) is 5.45. The van der Waals surface area contributed by atoms with Crippen LogP contribution < -0.4 is 11.5 Å². The number of carbonyl (C=O) groups is 2. The van der Waals surface area contributed by atoms with Crippen molar-refractivity contribution >= 4 is 17.6 Å². The fourth-order valence-electron chi connectivity index (χ4n) is 0.346. The number of rotatable bonds is 3. The quantitative estimate of drug-likeness (QED) is 0.269. The van der Waals surface area contributed by atoms with Crippen LogP contribution in [0.3, 0.4) is 0 Å². The molecular weight excluding hydrogens is 162 g/mol. The van der Waals surface area contributed by atoms with E-state index in [4.69, 9.17) is 16.9 Å². The Bertz CT molecular complexity index is 212. The summed E-state index contributed by atoms with van der Waals surface area (Å²) in [5.41, 5.74) is 9.94. The first kappa shape index (κ1) is 10.6. The van der Waals surface area contributed by atoms with Crippen molar-refractivity contribution in [2.75, 3.05) is 6.61 Å². The molecule has 0 fully saturated rings. The van der Waals surface area contributed by atoms with Crippen molar-refractivity contribution in [1.82, 2.24) is 0 Å². The first-order valence-corrected chi connectivity index (χ1v) is 3.24. The minimum Gasteiger partial charge on any atom is -0.452 e. The van der Waals surface area contributed by atoms with Gasteiger partial charge in [-0.2, -0.15) is 0 Å². The molecule has 0 aliphatic heterocycles. The number of esters is 1. The van der Waals surface area contributed by atoms with Crippen LogP contribution in [0.15, 0.2) is 0 Å². The molecule has 6 heteroatoms. The summed E-state index contributed by atoms with van der Waals surface area (Å²) in [6.07, 6.45) is 0. The number of hydrogen-bond donors (Lipinski definition) is 3. The van der Waals surface area contributed by atoms with Crippen LogP contribution >= 0.6 is 0 Å². The van der Waals surface area contributed by atoms with Crippen LogP contribution in [0.2, 0.25) is 0 Å². The monoisotopic (exact) mass is 173 g/mol. The molecule has 0 bridgehead atoms. The maximum absolute atomic E-state index is 10.8. The Morgan fingerprint density at radius 3 is 2.42 bits per heavy atom. The lowest BCUT2D eigenvalue weighted by Crippen LogP contribution is -2.33. The average Bonchev–Trinajstić information content (AvgIpc) is 1.98. The fourth-order valence-corrected chi connectivity index (χ4v) is 0.346. The molecule has 0 aliphatic carbocycles. The highest BCUT2D eigenvalue weighted by atomic mass is 16.5. The van der Waals surface area contributed by atoms with Gasteiger partial charge in [0.15, 0.2) is 12.4 Å². The highest BCUT2D eigenvalue weighted by Crippen LogP contribution is 1.83. The van der Waals surface area contributed by atoms with Crippen LogP contribution in [0.4, 0.5) is 0 Å². The molecule has 68 valence electrons. The van der Waals surface area contributed by atoms with E-state index >= 15 is 0 Å². The van der Waals surface area contributed by atoms with Crippen molar-refractivity contribution in [2.45, 2.75) is 13.0 Å². The Kier molecular flexibility index (Phi) is 3.92. The van der Waals surface area contributed by atoms with Gasteiger partial charge >= 0.3 is 5.97 Å². The van der Waals surface area contributed by atoms with Crippen LogP contribution in [-0.4, -0.2) is 30.2 Å². The molecule has 0 spiro atoms. The van der Waals surface area contributed by atoms with Crippen LogP contribution in [0, 0.1) is 5.41 Å². The zero-order valence-electron chi connectivity index (χ0n) is 6.66. The summed E-state index contributed by atoms with van der Waals surface area (Å²) >= 11 is 0. The Hall–Kier alpha value is -1.43. The Morgan fingerprint density at radius 1 is 1.58 bits per heavy atom. The number of Topliss-reactive ketones (excluding diaryl/α,β-unsaturated/α-hetero) is 1. The molecule has 0 radical (unpaired) electrons. The molecule has 0 aliphatic rings. The molecule has 1 atom stereocenters. The summed E-state index contributed by atoms with van der Waals surface area (Å²) in [7, 11) is 0. The molecule has 0 amide bonds. The molecule has 0 saturated heterocycles. The molecule has 5 N–H and O–H groups in total. The van der Waals surface area contributed by atoms with Crippen LogP contribution in [0.5, 0.6) is 0 Å². The van der Waals surface area contributed by atoms with E-state index in [1.807, 2.05) is 0 Å². The SMILES string of the molecule is CC(N)C(=O)COC(=O)C(=N)N.